The van der Waals surface area contributed by atoms with Crippen molar-refractivity contribution < 1.29 is 4.92 Å². The number of nitrogens with zero attached hydrogens (tertiary/aromatic N) is 2. The number of hydrogen-bond donors (Lipinski definition) is 1. The molecule has 0 unspecified atom stereocenters. The lowest BCUT2D eigenvalue weighted by molar-refractivity contribution is -0.384. The van der Waals surface area contributed by atoms with Crippen molar-refractivity contribution in [1.29, 1.82) is 0 Å². The molecule has 0 aliphatic carbocycles. The first-order valence-corrected chi connectivity index (χ1v) is 10.0. The maximum Gasteiger partial charge on any atom is 0.269 e. The van der Waals surface area contributed by atoms with Crippen molar-refractivity contribution in [2.45, 2.75) is 5.54 Å². The second kappa shape index (κ2) is 7.54. The number of hydrogen-bond acceptors (Lipinski definition) is 4. The Morgan fingerprint density at radius 2 is 1.26 bits per heavy atom. The molecule has 0 atom stereocenters. The van der Waals surface area contributed by atoms with Crippen molar-refractivity contribution in [3.05, 3.63) is 142 Å². The molecule has 1 aliphatic rings. The molecule has 0 fully saturated rings. The van der Waals surface area contributed by atoms with Crippen LogP contribution in [0.4, 0.5) is 11.4 Å². The Bertz CT molecular complexity index is 1230. The molecule has 5 nitrogen and oxygen atoms in total. The van der Waals surface area contributed by atoms with Gasteiger partial charge in [0.15, 0.2) is 0 Å². The molecule has 5 heteroatoms. The molecular formula is C26H19N3O2. The second-order valence-electron chi connectivity index (χ2n) is 7.38. The number of benzene rings is 4. The highest BCUT2D eigenvalue weighted by molar-refractivity contribution is 6.10. The van der Waals surface area contributed by atoms with E-state index in [1.165, 1.54) is 12.1 Å². The molecule has 1 aliphatic heterocycles. The van der Waals surface area contributed by atoms with Crippen LogP contribution in [0.1, 0.15) is 22.3 Å². The minimum Gasteiger partial charge on any atom is -0.340 e. The van der Waals surface area contributed by atoms with Gasteiger partial charge in [0.25, 0.3) is 5.69 Å². The molecule has 31 heavy (non-hydrogen) atoms. The third-order valence-corrected chi connectivity index (χ3v) is 5.58. The molecular weight excluding hydrogens is 386 g/mol. The minimum atomic E-state index is -0.749. The number of nitro groups is 1. The van der Waals surface area contributed by atoms with E-state index in [0.717, 1.165) is 27.9 Å². The van der Waals surface area contributed by atoms with E-state index in [2.05, 4.69) is 35.6 Å². The molecule has 0 saturated carbocycles. The Hall–Kier alpha value is -4.25. The highest BCUT2D eigenvalue weighted by Gasteiger charge is 2.41. The number of para-hydroxylation sites is 1. The normalized spacial score (nSPS) is 14.1. The molecule has 0 radical (unpaired) electrons. The van der Waals surface area contributed by atoms with Crippen LogP contribution in [0.5, 0.6) is 0 Å². The Morgan fingerprint density at radius 1 is 0.710 bits per heavy atom. The lowest BCUT2D eigenvalue weighted by Gasteiger charge is -2.38. The Kier molecular flexibility index (Phi) is 4.56. The molecule has 150 valence electrons. The fourth-order valence-corrected chi connectivity index (χ4v) is 4.13. The van der Waals surface area contributed by atoms with E-state index < -0.39 is 10.5 Å². The Balaban J connectivity index is 1.79. The zero-order valence-electron chi connectivity index (χ0n) is 16.6. The molecule has 1 heterocycles. The van der Waals surface area contributed by atoms with Gasteiger partial charge in [0.05, 0.1) is 4.92 Å². The third kappa shape index (κ3) is 3.16. The molecule has 4 aromatic carbocycles. The SMILES string of the molecule is O=[N+]([O-])c1ccc(C2=NC(c3ccccc3)(c3ccccc3)c3ccccc3N2)cc1. The summed E-state index contributed by atoms with van der Waals surface area (Å²) in [5, 5.41) is 14.5. The first kappa shape index (κ1) is 18.8. The Morgan fingerprint density at radius 3 is 1.84 bits per heavy atom. The van der Waals surface area contributed by atoms with E-state index in [1.807, 2.05) is 54.6 Å². The highest BCUT2D eigenvalue weighted by atomic mass is 16.6. The molecule has 0 bridgehead atoms. The number of fused-ring (bicyclic) bond motifs is 1. The van der Waals surface area contributed by atoms with Crippen molar-refractivity contribution in [3.63, 3.8) is 0 Å². The first-order valence-electron chi connectivity index (χ1n) is 10.0. The summed E-state index contributed by atoms with van der Waals surface area (Å²) < 4.78 is 0. The Labute approximate surface area is 179 Å². The number of aliphatic imine (C=N–C) groups is 1. The average Bonchev–Trinajstić information content (AvgIpc) is 2.84. The van der Waals surface area contributed by atoms with Crippen LogP contribution in [0, 0.1) is 10.1 Å². The van der Waals surface area contributed by atoms with E-state index in [1.54, 1.807) is 12.1 Å². The van der Waals surface area contributed by atoms with Crippen molar-refractivity contribution in [1.82, 2.24) is 0 Å². The standard InChI is InChI=1S/C26H19N3O2/c30-29(31)22-17-15-19(16-18-22)25-27-24-14-8-7-13-23(24)26(28-25,20-9-3-1-4-10-20)21-11-5-2-6-12-21/h1-18H,(H,27,28). The number of non-ortho nitro benzene ring substituents is 1. The summed E-state index contributed by atoms with van der Waals surface area (Å²) in [5.74, 6) is 0.668. The zero-order valence-corrected chi connectivity index (χ0v) is 16.6. The fraction of sp³-hybridized carbons (Fsp3) is 0.0385. The summed E-state index contributed by atoms with van der Waals surface area (Å²) in [6.07, 6.45) is 0. The summed E-state index contributed by atoms with van der Waals surface area (Å²) in [4.78, 5) is 16.0. The largest absolute Gasteiger partial charge is 0.340 e. The molecule has 4 aromatic rings. The number of amidine groups is 1. The molecule has 0 amide bonds. The predicted molar refractivity (Wildman–Crippen MR) is 122 cm³/mol. The lowest BCUT2D eigenvalue weighted by Crippen LogP contribution is -2.35. The van der Waals surface area contributed by atoms with Crippen molar-refractivity contribution in [3.8, 4) is 0 Å². The first-order chi connectivity index (χ1) is 15.2. The van der Waals surface area contributed by atoms with Gasteiger partial charge in [-0.05, 0) is 29.3 Å². The highest BCUT2D eigenvalue weighted by Crippen LogP contribution is 2.46. The number of nitro benzene ring substituents is 1. The van der Waals surface area contributed by atoms with Crippen molar-refractivity contribution >= 4 is 17.2 Å². The van der Waals surface area contributed by atoms with Crippen LogP contribution in [-0.2, 0) is 5.54 Å². The van der Waals surface area contributed by atoms with Crippen LogP contribution in [-0.4, -0.2) is 10.8 Å². The molecule has 5 rings (SSSR count). The van der Waals surface area contributed by atoms with Gasteiger partial charge in [-0.2, -0.15) is 0 Å². The molecule has 1 N–H and O–H groups in total. The topological polar surface area (TPSA) is 67.5 Å². The van der Waals surface area contributed by atoms with Gasteiger partial charge < -0.3 is 5.32 Å². The van der Waals surface area contributed by atoms with E-state index in [9.17, 15) is 10.1 Å². The van der Waals surface area contributed by atoms with E-state index >= 15 is 0 Å². The number of rotatable bonds is 4. The number of anilines is 1. The number of nitrogens with one attached hydrogen (secondary N) is 1. The van der Waals surface area contributed by atoms with Crippen LogP contribution < -0.4 is 5.32 Å². The fourth-order valence-electron chi connectivity index (χ4n) is 4.13. The van der Waals surface area contributed by atoms with E-state index in [4.69, 9.17) is 4.99 Å². The summed E-state index contributed by atoms with van der Waals surface area (Å²) in [5.41, 5.74) is 4.21. The van der Waals surface area contributed by atoms with Gasteiger partial charge in [-0.15, -0.1) is 0 Å². The average molecular weight is 405 g/mol. The van der Waals surface area contributed by atoms with Crippen LogP contribution >= 0.6 is 0 Å². The van der Waals surface area contributed by atoms with Gasteiger partial charge in [-0.25, -0.2) is 4.99 Å². The van der Waals surface area contributed by atoms with Crippen LogP contribution in [0.15, 0.2) is 114 Å². The van der Waals surface area contributed by atoms with Gasteiger partial charge in [0.2, 0.25) is 0 Å². The summed E-state index contributed by atoms with van der Waals surface area (Å²) in [6, 6.07) is 35.1. The minimum absolute atomic E-state index is 0.0536. The van der Waals surface area contributed by atoms with Gasteiger partial charge in [-0.1, -0.05) is 78.9 Å². The van der Waals surface area contributed by atoms with E-state index in [-0.39, 0.29) is 5.69 Å². The zero-order chi connectivity index (χ0) is 21.3. The van der Waals surface area contributed by atoms with Crippen LogP contribution in [0.25, 0.3) is 0 Å². The van der Waals surface area contributed by atoms with Crippen LogP contribution in [0.2, 0.25) is 0 Å². The molecule has 0 aromatic heterocycles. The van der Waals surface area contributed by atoms with Gasteiger partial charge >= 0.3 is 0 Å². The summed E-state index contributed by atoms with van der Waals surface area (Å²) >= 11 is 0. The monoisotopic (exact) mass is 405 g/mol. The lowest BCUT2D eigenvalue weighted by atomic mass is 9.76. The third-order valence-electron chi connectivity index (χ3n) is 5.58. The van der Waals surface area contributed by atoms with E-state index in [0.29, 0.717) is 5.84 Å². The second-order valence-corrected chi connectivity index (χ2v) is 7.38. The van der Waals surface area contributed by atoms with Crippen molar-refractivity contribution in [2.24, 2.45) is 4.99 Å². The molecule has 0 saturated heterocycles. The van der Waals surface area contributed by atoms with Gasteiger partial charge in [0.1, 0.15) is 11.4 Å². The summed E-state index contributed by atoms with van der Waals surface area (Å²) in [7, 11) is 0. The quantitative estimate of drug-likeness (QED) is 0.347. The van der Waals surface area contributed by atoms with Gasteiger partial charge in [0, 0.05) is 28.9 Å². The smallest absolute Gasteiger partial charge is 0.269 e. The summed E-state index contributed by atoms with van der Waals surface area (Å²) in [6.45, 7) is 0. The predicted octanol–water partition coefficient (Wildman–Crippen LogP) is 5.76. The molecule has 0 spiro atoms. The maximum absolute atomic E-state index is 11.1. The van der Waals surface area contributed by atoms with Gasteiger partial charge in [-0.3, -0.25) is 10.1 Å². The van der Waals surface area contributed by atoms with Crippen molar-refractivity contribution in [2.75, 3.05) is 5.32 Å². The van der Waals surface area contributed by atoms with Crippen LogP contribution in [0.3, 0.4) is 0 Å². The maximum atomic E-state index is 11.1.